The number of rotatable bonds is 7. The molecule has 2 aromatic rings. The van der Waals surface area contributed by atoms with Gasteiger partial charge in [0.05, 0.1) is 5.69 Å². The van der Waals surface area contributed by atoms with Gasteiger partial charge in [-0.05, 0) is 55.5 Å². The molecule has 1 atom stereocenters. The molecule has 1 amide bonds. The van der Waals surface area contributed by atoms with Crippen molar-refractivity contribution in [1.82, 2.24) is 5.32 Å². The van der Waals surface area contributed by atoms with Gasteiger partial charge in [-0.2, -0.15) is 0 Å². The van der Waals surface area contributed by atoms with E-state index in [0.29, 0.717) is 15.6 Å². The van der Waals surface area contributed by atoms with Crippen molar-refractivity contribution < 1.29 is 17.9 Å². The molecule has 0 bridgehead atoms. The average molecular weight is 380 g/mol. The van der Waals surface area contributed by atoms with Crippen molar-refractivity contribution in [3.8, 4) is 5.75 Å². The van der Waals surface area contributed by atoms with Crippen LogP contribution in [0.4, 0.5) is 5.69 Å². The predicted octanol–water partition coefficient (Wildman–Crippen LogP) is 2.62. The minimum absolute atomic E-state index is 0.135. The number of ether oxygens (including phenoxy) is 1. The highest BCUT2D eigenvalue weighted by atomic mass is 32.2. The van der Waals surface area contributed by atoms with Crippen molar-refractivity contribution in [3.63, 3.8) is 0 Å². The third kappa shape index (κ3) is 4.13. The van der Waals surface area contributed by atoms with E-state index in [1.54, 1.807) is 48.7 Å². The Kier molecular flexibility index (Phi) is 5.01. The van der Waals surface area contributed by atoms with Gasteiger partial charge in [0.25, 0.3) is 15.9 Å². The lowest BCUT2D eigenvalue weighted by Crippen LogP contribution is -2.37. The van der Waals surface area contributed by atoms with E-state index in [-0.39, 0.29) is 11.9 Å². The molecule has 0 saturated heterocycles. The topological polar surface area (TPSA) is 75.7 Å². The fourth-order valence-corrected chi connectivity index (χ4v) is 4.58. The summed E-state index contributed by atoms with van der Waals surface area (Å²) in [6.45, 7) is 1.69. The Hall–Kier alpha value is -2.06. The predicted molar refractivity (Wildman–Crippen MR) is 97.6 cm³/mol. The molecule has 1 fully saturated rings. The van der Waals surface area contributed by atoms with E-state index in [9.17, 15) is 13.2 Å². The number of carbonyl (C=O) groups excluding carboxylic acids is 1. The Labute approximate surface area is 151 Å². The van der Waals surface area contributed by atoms with Crippen molar-refractivity contribution in [2.45, 2.75) is 36.1 Å². The quantitative estimate of drug-likeness (QED) is 0.801. The summed E-state index contributed by atoms with van der Waals surface area (Å²) in [7, 11) is -2.05. The van der Waals surface area contributed by atoms with Crippen LogP contribution in [-0.2, 0) is 14.8 Å². The Morgan fingerprint density at radius 2 is 1.96 bits per heavy atom. The molecule has 134 valence electrons. The SMILES string of the molecule is CC(Oc1ccc(N(C)S(=O)(=O)c2cccs2)cc1)C(=O)NC1CC1. The highest BCUT2D eigenvalue weighted by molar-refractivity contribution is 7.94. The van der Waals surface area contributed by atoms with Crippen molar-refractivity contribution in [2.75, 3.05) is 11.4 Å². The van der Waals surface area contributed by atoms with E-state index in [2.05, 4.69) is 5.32 Å². The number of thiophene rings is 1. The fraction of sp³-hybridized carbons (Fsp3) is 0.353. The number of anilines is 1. The van der Waals surface area contributed by atoms with Gasteiger partial charge >= 0.3 is 0 Å². The van der Waals surface area contributed by atoms with Crippen molar-refractivity contribution >= 4 is 33.0 Å². The van der Waals surface area contributed by atoms with Gasteiger partial charge < -0.3 is 10.1 Å². The van der Waals surface area contributed by atoms with Crippen LogP contribution in [-0.4, -0.2) is 33.5 Å². The van der Waals surface area contributed by atoms with Crippen LogP contribution in [0.2, 0.25) is 0 Å². The second kappa shape index (κ2) is 7.05. The number of carbonyl (C=O) groups is 1. The summed E-state index contributed by atoms with van der Waals surface area (Å²) in [6, 6.07) is 10.2. The van der Waals surface area contributed by atoms with E-state index in [0.717, 1.165) is 12.8 Å². The van der Waals surface area contributed by atoms with Crippen molar-refractivity contribution in [1.29, 1.82) is 0 Å². The molecule has 0 radical (unpaired) electrons. The van der Waals surface area contributed by atoms with Crippen LogP contribution in [0.25, 0.3) is 0 Å². The average Bonchev–Trinajstić information content (AvgIpc) is 3.23. The third-order valence-electron chi connectivity index (χ3n) is 3.92. The summed E-state index contributed by atoms with van der Waals surface area (Å²) in [5, 5.41) is 4.62. The minimum atomic E-state index is -3.56. The van der Waals surface area contributed by atoms with Crippen LogP contribution in [0.15, 0.2) is 46.0 Å². The summed E-state index contributed by atoms with van der Waals surface area (Å²) in [5.74, 6) is 0.382. The maximum absolute atomic E-state index is 12.5. The molecular formula is C17H20N2O4S2. The Balaban J connectivity index is 1.66. The number of amides is 1. The summed E-state index contributed by atoms with van der Waals surface area (Å²) >= 11 is 1.18. The van der Waals surface area contributed by atoms with Crippen LogP contribution in [0, 0.1) is 0 Å². The molecule has 0 spiro atoms. The molecular weight excluding hydrogens is 360 g/mol. The molecule has 3 rings (SSSR count). The van der Waals surface area contributed by atoms with E-state index in [1.807, 2.05) is 0 Å². The summed E-state index contributed by atoms with van der Waals surface area (Å²) in [6.07, 6.45) is 1.45. The normalized spacial score (nSPS) is 15.4. The third-order valence-corrected chi connectivity index (χ3v) is 7.07. The second-order valence-electron chi connectivity index (χ2n) is 5.94. The molecule has 1 N–H and O–H groups in total. The van der Waals surface area contributed by atoms with Gasteiger partial charge in [-0.15, -0.1) is 11.3 Å². The van der Waals surface area contributed by atoms with Gasteiger partial charge in [0.2, 0.25) is 0 Å². The molecule has 1 heterocycles. The number of sulfonamides is 1. The van der Waals surface area contributed by atoms with Gasteiger partial charge in [-0.3, -0.25) is 9.10 Å². The molecule has 0 aliphatic heterocycles. The first kappa shape index (κ1) is 17.8. The number of hydrogen-bond donors (Lipinski definition) is 1. The fourth-order valence-electron chi connectivity index (χ4n) is 2.22. The first-order valence-electron chi connectivity index (χ1n) is 7.97. The van der Waals surface area contributed by atoms with Gasteiger partial charge in [0.15, 0.2) is 6.10 Å². The molecule has 6 nitrogen and oxygen atoms in total. The van der Waals surface area contributed by atoms with E-state index in [1.165, 1.54) is 22.7 Å². The van der Waals surface area contributed by atoms with Gasteiger partial charge in [0, 0.05) is 13.1 Å². The molecule has 1 saturated carbocycles. The van der Waals surface area contributed by atoms with E-state index >= 15 is 0 Å². The maximum atomic E-state index is 12.5. The van der Waals surface area contributed by atoms with Crippen molar-refractivity contribution in [3.05, 3.63) is 41.8 Å². The molecule has 25 heavy (non-hydrogen) atoms. The largest absolute Gasteiger partial charge is 0.481 e. The lowest BCUT2D eigenvalue weighted by Gasteiger charge is -2.19. The van der Waals surface area contributed by atoms with Crippen LogP contribution >= 0.6 is 11.3 Å². The molecule has 1 aromatic carbocycles. The number of nitrogens with one attached hydrogen (secondary N) is 1. The smallest absolute Gasteiger partial charge is 0.273 e. The highest BCUT2D eigenvalue weighted by Gasteiger charge is 2.26. The Morgan fingerprint density at radius 3 is 2.52 bits per heavy atom. The standard InChI is InChI=1S/C17H20N2O4S2/c1-12(17(20)18-13-5-6-13)23-15-9-7-14(8-10-15)19(2)25(21,22)16-4-3-11-24-16/h3-4,7-13H,5-6H2,1-2H3,(H,18,20). The number of benzene rings is 1. The van der Waals surface area contributed by atoms with Crippen LogP contribution in [0.3, 0.4) is 0 Å². The monoisotopic (exact) mass is 380 g/mol. The lowest BCUT2D eigenvalue weighted by molar-refractivity contribution is -0.127. The van der Waals surface area contributed by atoms with Crippen LogP contribution in [0.5, 0.6) is 5.75 Å². The minimum Gasteiger partial charge on any atom is -0.481 e. The summed E-state index contributed by atoms with van der Waals surface area (Å²) < 4.78 is 32.2. The zero-order chi connectivity index (χ0) is 18.0. The van der Waals surface area contributed by atoms with E-state index < -0.39 is 16.1 Å². The van der Waals surface area contributed by atoms with Gasteiger partial charge in [-0.1, -0.05) is 6.07 Å². The highest BCUT2D eigenvalue weighted by Crippen LogP contribution is 2.27. The first-order valence-corrected chi connectivity index (χ1v) is 10.3. The molecule has 1 aliphatic rings. The second-order valence-corrected chi connectivity index (χ2v) is 9.09. The van der Waals surface area contributed by atoms with Crippen molar-refractivity contribution in [2.24, 2.45) is 0 Å². The Morgan fingerprint density at radius 1 is 1.28 bits per heavy atom. The van der Waals surface area contributed by atoms with Gasteiger partial charge in [-0.25, -0.2) is 8.42 Å². The number of hydrogen-bond acceptors (Lipinski definition) is 5. The molecule has 8 heteroatoms. The lowest BCUT2D eigenvalue weighted by atomic mass is 10.3. The molecule has 1 unspecified atom stereocenters. The number of nitrogens with zero attached hydrogens (tertiary/aromatic N) is 1. The van der Waals surface area contributed by atoms with E-state index in [4.69, 9.17) is 4.74 Å². The summed E-state index contributed by atoms with van der Waals surface area (Å²) in [5.41, 5.74) is 0.524. The molecule has 1 aromatic heterocycles. The zero-order valence-corrected chi connectivity index (χ0v) is 15.6. The Bertz CT molecular complexity index is 828. The maximum Gasteiger partial charge on any atom is 0.273 e. The van der Waals surface area contributed by atoms with Crippen LogP contribution < -0.4 is 14.4 Å². The first-order chi connectivity index (χ1) is 11.9. The van der Waals surface area contributed by atoms with Crippen LogP contribution in [0.1, 0.15) is 19.8 Å². The van der Waals surface area contributed by atoms with Gasteiger partial charge in [0.1, 0.15) is 9.96 Å². The zero-order valence-electron chi connectivity index (χ0n) is 14.0. The molecule has 1 aliphatic carbocycles. The summed E-state index contributed by atoms with van der Waals surface area (Å²) in [4.78, 5) is 11.9.